The van der Waals surface area contributed by atoms with E-state index in [0.717, 1.165) is 5.52 Å². The number of rotatable bonds is 5. The molecule has 1 aromatic heterocycles. The van der Waals surface area contributed by atoms with Crippen LogP contribution < -0.4 is 5.32 Å². The molecule has 0 fully saturated rings. The molecule has 0 aliphatic rings. The van der Waals surface area contributed by atoms with Gasteiger partial charge in [-0.2, -0.15) is 0 Å². The molecule has 90 valence electrons. The molecule has 0 bridgehead atoms. The van der Waals surface area contributed by atoms with Crippen LogP contribution in [0, 0.1) is 0 Å². The van der Waals surface area contributed by atoms with E-state index >= 15 is 0 Å². The van der Waals surface area contributed by atoms with E-state index in [4.69, 9.17) is 0 Å². The molecule has 1 unspecified atom stereocenters. The van der Waals surface area contributed by atoms with Gasteiger partial charge in [0.15, 0.2) is 0 Å². The van der Waals surface area contributed by atoms with Gasteiger partial charge in [0.2, 0.25) is 0 Å². The summed E-state index contributed by atoms with van der Waals surface area (Å²) in [6.07, 6.45) is 5.58. The second-order valence-corrected chi connectivity index (χ2v) is 4.56. The normalized spacial score (nSPS) is 12.6. The van der Waals surface area contributed by atoms with Gasteiger partial charge in [0.25, 0.3) is 0 Å². The van der Waals surface area contributed by atoms with Crippen molar-refractivity contribution in [1.29, 1.82) is 0 Å². The molecule has 0 saturated carbocycles. The minimum absolute atomic E-state index is 0.515. The summed E-state index contributed by atoms with van der Waals surface area (Å²) >= 11 is 0. The standard InChI is InChI=1S/C15H20N2/c1-3-4-7-12(2)17-15-10-5-9-14-13(15)8-6-11-16-14/h5-6,8-12,17H,3-4,7H2,1-2H3. The van der Waals surface area contributed by atoms with Crippen LogP contribution in [0.3, 0.4) is 0 Å². The zero-order valence-corrected chi connectivity index (χ0v) is 10.6. The molecule has 0 saturated heterocycles. The van der Waals surface area contributed by atoms with Crippen molar-refractivity contribution in [3.05, 3.63) is 36.5 Å². The molecule has 0 amide bonds. The van der Waals surface area contributed by atoms with Gasteiger partial charge in [-0.15, -0.1) is 0 Å². The highest BCUT2D eigenvalue weighted by Gasteiger charge is 2.04. The zero-order valence-electron chi connectivity index (χ0n) is 10.6. The van der Waals surface area contributed by atoms with Crippen LogP contribution in [0.4, 0.5) is 5.69 Å². The fraction of sp³-hybridized carbons (Fsp3) is 0.400. The summed E-state index contributed by atoms with van der Waals surface area (Å²) in [5.74, 6) is 0. The van der Waals surface area contributed by atoms with Crippen LogP contribution in [0.1, 0.15) is 33.1 Å². The summed E-state index contributed by atoms with van der Waals surface area (Å²) in [4.78, 5) is 4.37. The minimum Gasteiger partial charge on any atom is -0.382 e. The minimum atomic E-state index is 0.515. The van der Waals surface area contributed by atoms with Crippen LogP contribution in [0.5, 0.6) is 0 Å². The van der Waals surface area contributed by atoms with Gasteiger partial charge in [-0.3, -0.25) is 4.98 Å². The quantitative estimate of drug-likeness (QED) is 0.828. The molecular formula is C15H20N2. The van der Waals surface area contributed by atoms with Crippen LogP contribution in [-0.2, 0) is 0 Å². The fourth-order valence-corrected chi connectivity index (χ4v) is 2.08. The van der Waals surface area contributed by atoms with E-state index in [1.807, 2.05) is 12.3 Å². The van der Waals surface area contributed by atoms with E-state index in [0.29, 0.717) is 6.04 Å². The Morgan fingerprint density at radius 1 is 1.24 bits per heavy atom. The average molecular weight is 228 g/mol. The molecule has 0 aliphatic heterocycles. The molecule has 2 heteroatoms. The van der Waals surface area contributed by atoms with Crippen molar-refractivity contribution in [2.75, 3.05) is 5.32 Å². The Morgan fingerprint density at radius 2 is 2.12 bits per heavy atom. The third-order valence-corrected chi connectivity index (χ3v) is 3.04. The summed E-state index contributed by atoms with van der Waals surface area (Å²) < 4.78 is 0. The van der Waals surface area contributed by atoms with Crippen LogP contribution >= 0.6 is 0 Å². The number of benzene rings is 1. The zero-order chi connectivity index (χ0) is 12.1. The Morgan fingerprint density at radius 3 is 2.94 bits per heavy atom. The van der Waals surface area contributed by atoms with Crippen molar-refractivity contribution in [2.45, 2.75) is 39.2 Å². The number of unbranched alkanes of at least 4 members (excludes halogenated alkanes) is 1. The second-order valence-electron chi connectivity index (χ2n) is 4.56. The Hall–Kier alpha value is -1.57. The number of fused-ring (bicyclic) bond motifs is 1. The second kappa shape index (κ2) is 5.67. The first-order valence-electron chi connectivity index (χ1n) is 6.41. The van der Waals surface area contributed by atoms with Gasteiger partial charge in [0.1, 0.15) is 0 Å². The van der Waals surface area contributed by atoms with Gasteiger partial charge in [-0.1, -0.05) is 25.8 Å². The van der Waals surface area contributed by atoms with Crippen LogP contribution in [0.25, 0.3) is 10.9 Å². The third-order valence-electron chi connectivity index (χ3n) is 3.04. The van der Waals surface area contributed by atoms with Crippen molar-refractivity contribution >= 4 is 16.6 Å². The van der Waals surface area contributed by atoms with Crippen molar-refractivity contribution in [1.82, 2.24) is 4.98 Å². The summed E-state index contributed by atoms with van der Waals surface area (Å²) in [7, 11) is 0. The van der Waals surface area contributed by atoms with E-state index in [9.17, 15) is 0 Å². The largest absolute Gasteiger partial charge is 0.382 e. The first-order valence-corrected chi connectivity index (χ1v) is 6.41. The molecule has 0 radical (unpaired) electrons. The molecule has 1 N–H and O–H groups in total. The van der Waals surface area contributed by atoms with E-state index < -0.39 is 0 Å². The van der Waals surface area contributed by atoms with Crippen LogP contribution in [-0.4, -0.2) is 11.0 Å². The van der Waals surface area contributed by atoms with Crippen LogP contribution in [0.15, 0.2) is 36.5 Å². The molecule has 2 aromatic rings. The van der Waals surface area contributed by atoms with Gasteiger partial charge < -0.3 is 5.32 Å². The summed E-state index contributed by atoms with van der Waals surface area (Å²) in [6, 6.07) is 10.9. The number of nitrogens with one attached hydrogen (secondary N) is 1. The van der Waals surface area contributed by atoms with E-state index in [2.05, 4.69) is 48.4 Å². The Balaban J connectivity index is 2.18. The van der Waals surface area contributed by atoms with Crippen molar-refractivity contribution < 1.29 is 0 Å². The lowest BCUT2D eigenvalue weighted by atomic mass is 10.1. The lowest BCUT2D eigenvalue weighted by molar-refractivity contribution is 0.645. The molecule has 0 spiro atoms. The smallest absolute Gasteiger partial charge is 0.0722 e. The molecule has 1 aromatic carbocycles. The molecule has 1 atom stereocenters. The number of hydrogen-bond donors (Lipinski definition) is 1. The summed E-state index contributed by atoms with van der Waals surface area (Å²) in [5, 5.41) is 4.79. The topological polar surface area (TPSA) is 24.9 Å². The monoisotopic (exact) mass is 228 g/mol. The average Bonchev–Trinajstić information content (AvgIpc) is 2.37. The Kier molecular flexibility index (Phi) is 3.97. The maximum atomic E-state index is 4.37. The lowest BCUT2D eigenvalue weighted by Gasteiger charge is -2.16. The van der Waals surface area contributed by atoms with Crippen molar-refractivity contribution in [3.63, 3.8) is 0 Å². The van der Waals surface area contributed by atoms with Gasteiger partial charge in [-0.25, -0.2) is 0 Å². The highest BCUT2D eigenvalue weighted by atomic mass is 14.9. The SMILES string of the molecule is CCCCC(C)Nc1cccc2ncccc12. The number of anilines is 1. The number of nitrogens with zero attached hydrogens (tertiary/aromatic N) is 1. The van der Waals surface area contributed by atoms with Gasteiger partial charge in [0, 0.05) is 23.3 Å². The number of hydrogen-bond acceptors (Lipinski definition) is 2. The first-order chi connectivity index (χ1) is 8.31. The van der Waals surface area contributed by atoms with E-state index in [1.165, 1.54) is 30.3 Å². The molecule has 1 heterocycles. The summed E-state index contributed by atoms with van der Waals surface area (Å²) in [6.45, 7) is 4.47. The number of aromatic nitrogens is 1. The van der Waals surface area contributed by atoms with E-state index in [1.54, 1.807) is 0 Å². The Bertz CT molecular complexity index is 474. The fourth-order valence-electron chi connectivity index (χ4n) is 2.08. The highest BCUT2D eigenvalue weighted by Crippen LogP contribution is 2.22. The molecule has 2 nitrogen and oxygen atoms in total. The Labute approximate surface area is 103 Å². The third kappa shape index (κ3) is 2.96. The predicted octanol–water partition coefficient (Wildman–Crippen LogP) is 4.23. The van der Waals surface area contributed by atoms with Gasteiger partial charge >= 0.3 is 0 Å². The maximum Gasteiger partial charge on any atom is 0.0722 e. The first kappa shape index (κ1) is 11.9. The summed E-state index contributed by atoms with van der Waals surface area (Å²) in [5.41, 5.74) is 2.25. The molecule has 2 rings (SSSR count). The molecule has 17 heavy (non-hydrogen) atoms. The van der Waals surface area contributed by atoms with E-state index in [-0.39, 0.29) is 0 Å². The van der Waals surface area contributed by atoms with Crippen molar-refractivity contribution in [2.24, 2.45) is 0 Å². The number of pyridine rings is 1. The van der Waals surface area contributed by atoms with Crippen LogP contribution in [0.2, 0.25) is 0 Å². The predicted molar refractivity (Wildman–Crippen MR) is 74.4 cm³/mol. The molecule has 0 aliphatic carbocycles. The van der Waals surface area contributed by atoms with Gasteiger partial charge in [0.05, 0.1) is 5.52 Å². The van der Waals surface area contributed by atoms with Gasteiger partial charge in [-0.05, 0) is 37.6 Å². The highest BCUT2D eigenvalue weighted by molar-refractivity contribution is 5.91. The maximum absolute atomic E-state index is 4.37. The lowest BCUT2D eigenvalue weighted by Crippen LogP contribution is -2.14. The van der Waals surface area contributed by atoms with Crippen molar-refractivity contribution in [3.8, 4) is 0 Å². The molecular weight excluding hydrogens is 208 g/mol.